The fraction of sp³-hybridized carbons (Fsp3) is 0.333. The van der Waals surface area contributed by atoms with Gasteiger partial charge in [0.15, 0.2) is 0 Å². The molecule has 1 unspecified atom stereocenters. The average Bonchev–Trinajstić information content (AvgIpc) is 2.97. The number of halogens is 1. The number of carboxylic acids is 1. The Hall–Kier alpha value is -1.20. The standard InChI is InChI=1S/C15H14BrNO2S/c1-8-10-3-2-9(6-14(18)19)12(10)5-4-11(8)15-17-7-13(16)20-15/h4-5,7,9H,2-3,6H2,1H3,(H,18,19). The summed E-state index contributed by atoms with van der Waals surface area (Å²) in [7, 11) is 0. The first-order valence-electron chi connectivity index (χ1n) is 6.52. The highest BCUT2D eigenvalue weighted by atomic mass is 79.9. The second-order valence-electron chi connectivity index (χ2n) is 5.11. The maximum absolute atomic E-state index is 10.9. The van der Waals surface area contributed by atoms with Crippen molar-refractivity contribution >= 4 is 33.2 Å². The molecule has 0 spiro atoms. The molecule has 0 aliphatic heterocycles. The molecule has 1 heterocycles. The van der Waals surface area contributed by atoms with E-state index in [1.807, 2.05) is 6.20 Å². The lowest BCUT2D eigenvalue weighted by atomic mass is 9.94. The minimum atomic E-state index is -0.714. The van der Waals surface area contributed by atoms with Gasteiger partial charge in [0.25, 0.3) is 0 Å². The van der Waals surface area contributed by atoms with Crippen LogP contribution in [0.2, 0.25) is 0 Å². The van der Waals surface area contributed by atoms with E-state index in [4.69, 9.17) is 5.11 Å². The predicted octanol–water partition coefficient (Wildman–Crippen LogP) is 4.39. The lowest BCUT2D eigenvalue weighted by molar-refractivity contribution is -0.137. The summed E-state index contributed by atoms with van der Waals surface area (Å²) < 4.78 is 1.02. The lowest BCUT2D eigenvalue weighted by Gasteiger charge is -2.12. The molecule has 1 N–H and O–H groups in total. The van der Waals surface area contributed by atoms with E-state index in [-0.39, 0.29) is 12.3 Å². The number of rotatable bonds is 3. The van der Waals surface area contributed by atoms with Gasteiger partial charge in [0, 0.05) is 5.56 Å². The van der Waals surface area contributed by atoms with Crippen molar-refractivity contribution in [1.29, 1.82) is 0 Å². The molecule has 3 rings (SSSR count). The van der Waals surface area contributed by atoms with Crippen molar-refractivity contribution < 1.29 is 9.90 Å². The van der Waals surface area contributed by atoms with Crippen LogP contribution in [0.3, 0.4) is 0 Å². The number of hydrogen-bond donors (Lipinski definition) is 1. The number of carboxylic acid groups (broad SMARTS) is 1. The van der Waals surface area contributed by atoms with Crippen LogP contribution in [0.1, 0.15) is 35.4 Å². The van der Waals surface area contributed by atoms with E-state index in [2.05, 4.69) is 40.0 Å². The van der Waals surface area contributed by atoms with E-state index < -0.39 is 5.97 Å². The highest BCUT2D eigenvalue weighted by Gasteiger charge is 2.27. The van der Waals surface area contributed by atoms with Crippen LogP contribution in [0.15, 0.2) is 22.1 Å². The summed E-state index contributed by atoms with van der Waals surface area (Å²) in [5.74, 6) is -0.549. The van der Waals surface area contributed by atoms with Crippen LogP contribution in [0.4, 0.5) is 0 Å². The molecule has 0 radical (unpaired) electrons. The molecule has 1 atom stereocenters. The molecular weight excluding hydrogens is 338 g/mol. The van der Waals surface area contributed by atoms with Crippen LogP contribution < -0.4 is 0 Å². The molecule has 0 saturated heterocycles. The van der Waals surface area contributed by atoms with Crippen LogP contribution in [-0.4, -0.2) is 16.1 Å². The first-order valence-corrected chi connectivity index (χ1v) is 8.13. The molecule has 2 aromatic rings. The van der Waals surface area contributed by atoms with Crippen LogP contribution >= 0.6 is 27.3 Å². The molecule has 0 bridgehead atoms. The summed E-state index contributed by atoms with van der Waals surface area (Å²) >= 11 is 5.07. The zero-order valence-corrected chi connectivity index (χ0v) is 13.4. The number of hydrogen-bond acceptors (Lipinski definition) is 3. The van der Waals surface area contributed by atoms with E-state index in [0.717, 1.165) is 27.2 Å². The molecule has 5 heteroatoms. The third-order valence-electron chi connectivity index (χ3n) is 3.95. The zero-order valence-electron chi connectivity index (χ0n) is 11.0. The van der Waals surface area contributed by atoms with Crippen molar-refractivity contribution in [3.05, 3.63) is 38.8 Å². The fourth-order valence-corrected chi connectivity index (χ4v) is 4.29. The Labute approximate surface area is 129 Å². The van der Waals surface area contributed by atoms with Gasteiger partial charge in [-0.2, -0.15) is 0 Å². The molecule has 20 heavy (non-hydrogen) atoms. The van der Waals surface area contributed by atoms with Gasteiger partial charge in [0.05, 0.1) is 16.4 Å². The predicted molar refractivity (Wildman–Crippen MR) is 83.3 cm³/mol. The van der Waals surface area contributed by atoms with Gasteiger partial charge in [-0.05, 0) is 58.3 Å². The monoisotopic (exact) mass is 351 g/mol. The Morgan fingerprint density at radius 1 is 1.55 bits per heavy atom. The van der Waals surface area contributed by atoms with E-state index in [1.54, 1.807) is 11.3 Å². The molecule has 1 aliphatic carbocycles. The molecule has 0 fully saturated rings. The van der Waals surface area contributed by atoms with Crippen molar-refractivity contribution in [3.63, 3.8) is 0 Å². The Morgan fingerprint density at radius 2 is 2.35 bits per heavy atom. The van der Waals surface area contributed by atoms with Crippen molar-refractivity contribution in [2.45, 2.75) is 32.1 Å². The van der Waals surface area contributed by atoms with Gasteiger partial charge in [0.1, 0.15) is 5.01 Å². The fourth-order valence-electron chi connectivity index (χ4n) is 3.00. The largest absolute Gasteiger partial charge is 0.481 e. The first-order chi connectivity index (χ1) is 9.56. The molecule has 0 saturated carbocycles. The summed E-state index contributed by atoms with van der Waals surface area (Å²) in [6.07, 6.45) is 3.96. The Balaban J connectivity index is 2.01. The average molecular weight is 352 g/mol. The quantitative estimate of drug-likeness (QED) is 0.892. The molecule has 1 aromatic heterocycles. The van der Waals surface area contributed by atoms with E-state index in [9.17, 15) is 4.79 Å². The smallest absolute Gasteiger partial charge is 0.303 e. The number of thiazole rings is 1. The topological polar surface area (TPSA) is 50.2 Å². The van der Waals surface area contributed by atoms with Gasteiger partial charge in [-0.15, -0.1) is 11.3 Å². The summed E-state index contributed by atoms with van der Waals surface area (Å²) in [6, 6.07) is 4.17. The highest BCUT2D eigenvalue weighted by Crippen LogP contribution is 2.41. The van der Waals surface area contributed by atoms with Crippen LogP contribution in [0.5, 0.6) is 0 Å². The first kappa shape index (κ1) is 13.8. The Bertz CT molecular complexity index is 681. The third-order valence-corrected chi connectivity index (χ3v) is 5.46. The second kappa shape index (κ2) is 5.30. The van der Waals surface area contributed by atoms with Gasteiger partial charge in [-0.1, -0.05) is 12.1 Å². The second-order valence-corrected chi connectivity index (χ2v) is 7.52. The summed E-state index contributed by atoms with van der Waals surface area (Å²) in [5.41, 5.74) is 4.94. The zero-order chi connectivity index (χ0) is 14.3. The van der Waals surface area contributed by atoms with Crippen LogP contribution in [0, 0.1) is 6.92 Å². The maximum atomic E-state index is 10.9. The van der Waals surface area contributed by atoms with Gasteiger partial charge in [-0.3, -0.25) is 4.79 Å². The number of nitrogens with zero attached hydrogens (tertiary/aromatic N) is 1. The van der Waals surface area contributed by atoms with Crippen molar-refractivity contribution in [2.75, 3.05) is 0 Å². The number of carbonyl (C=O) groups is 1. The third kappa shape index (κ3) is 2.40. The van der Waals surface area contributed by atoms with Crippen LogP contribution in [-0.2, 0) is 11.2 Å². The van der Waals surface area contributed by atoms with Gasteiger partial charge < -0.3 is 5.11 Å². The molecule has 104 valence electrons. The normalized spacial score (nSPS) is 17.2. The number of aliphatic carboxylic acids is 1. The number of benzene rings is 1. The highest BCUT2D eigenvalue weighted by molar-refractivity contribution is 9.11. The van der Waals surface area contributed by atoms with Gasteiger partial charge >= 0.3 is 5.97 Å². The summed E-state index contributed by atoms with van der Waals surface area (Å²) in [6.45, 7) is 2.12. The Morgan fingerprint density at radius 3 is 3.00 bits per heavy atom. The number of aromatic nitrogens is 1. The summed E-state index contributed by atoms with van der Waals surface area (Å²) in [5, 5.41) is 10.0. The molecule has 3 nitrogen and oxygen atoms in total. The van der Waals surface area contributed by atoms with Crippen molar-refractivity contribution in [2.24, 2.45) is 0 Å². The summed E-state index contributed by atoms with van der Waals surface area (Å²) in [4.78, 5) is 15.3. The minimum absolute atomic E-state index is 0.165. The van der Waals surface area contributed by atoms with Gasteiger partial charge in [-0.25, -0.2) is 4.98 Å². The molecule has 1 aliphatic rings. The lowest BCUT2D eigenvalue weighted by Crippen LogP contribution is -2.03. The SMILES string of the molecule is Cc1c(-c2ncc(Br)s2)ccc2c1CCC2CC(=O)O. The van der Waals surface area contributed by atoms with E-state index in [0.29, 0.717) is 0 Å². The molecular formula is C15H14BrNO2S. The molecule has 1 aromatic carbocycles. The Kier molecular flexibility index (Phi) is 3.65. The minimum Gasteiger partial charge on any atom is -0.481 e. The van der Waals surface area contributed by atoms with Crippen LogP contribution in [0.25, 0.3) is 10.6 Å². The van der Waals surface area contributed by atoms with Gasteiger partial charge in [0.2, 0.25) is 0 Å². The van der Waals surface area contributed by atoms with Crippen molar-refractivity contribution in [3.8, 4) is 10.6 Å². The van der Waals surface area contributed by atoms with E-state index >= 15 is 0 Å². The van der Waals surface area contributed by atoms with Crippen molar-refractivity contribution in [1.82, 2.24) is 4.98 Å². The van der Waals surface area contributed by atoms with E-state index in [1.165, 1.54) is 16.7 Å². The molecule has 0 amide bonds. The number of fused-ring (bicyclic) bond motifs is 1. The maximum Gasteiger partial charge on any atom is 0.303 e.